The second kappa shape index (κ2) is 8.14. The Morgan fingerprint density at radius 1 is 1.15 bits per heavy atom. The van der Waals surface area contributed by atoms with Crippen LogP contribution in [0.2, 0.25) is 5.02 Å². The lowest BCUT2D eigenvalue weighted by Crippen LogP contribution is -2.24. The molecule has 0 radical (unpaired) electrons. The molecule has 138 valence electrons. The molecular weight excluding hydrogens is 367 g/mol. The molecule has 0 aliphatic carbocycles. The molecule has 1 aromatic heterocycles. The molecule has 1 amide bonds. The Kier molecular flexibility index (Phi) is 5.66. The molecule has 0 spiro atoms. The minimum absolute atomic E-state index is 0.0748. The van der Waals surface area contributed by atoms with Crippen LogP contribution < -0.4 is 10.6 Å². The number of carbonyl (C=O) groups excluding carboxylic acids is 1. The molecular formula is C20H18ClFN4O. The first-order valence-electron chi connectivity index (χ1n) is 8.31. The van der Waals surface area contributed by atoms with Gasteiger partial charge in [0.15, 0.2) is 0 Å². The molecule has 0 aliphatic rings. The minimum Gasteiger partial charge on any atom is -0.346 e. The fourth-order valence-corrected chi connectivity index (χ4v) is 2.99. The van der Waals surface area contributed by atoms with Crippen molar-refractivity contribution in [3.63, 3.8) is 0 Å². The average molecular weight is 385 g/mol. The zero-order valence-electron chi connectivity index (χ0n) is 14.9. The van der Waals surface area contributed by atoms with Crippen molar-refractivity contribution < 1.29 is 9.18 Å². The molecule has 5 nitrogen and oxygen atoms in total. The van der Waals surface area contributed by atoms with E-state index in [-0.39, 0.29) is 18.1 Å². The zero-order valence-corrected chi connectivity index (χ0v) is 15.6. The highest BCUT2D eigenvalue weighted by atomic mass is 35.5. The Morgan fingerprint density at radius 3 is 2.59 bits per heavy atom. The van der Waals surface area contributed by atoms with Crippen LogP contribution in [0.5, 0.6) is 0 Å². The number of nitrogens with one attached hydrogen (secondary N) is 2. The van der Waals surface area contributed by atoms with Gasteiger partial charge in [-0.1, -0.05) is 35.9 Å². The number of amides is 1. The van der Waals surface area contributed by atoms with Crippen LogP contribution in [0.1, 0.15) is 27.2 Å². The Balaban J connectivity index is 1.66. The van der Waals surface area contributed by atoms with Crippen LogP contribution >= 0.6 is 11.6 Å². The smallest absolute Gasteiger partial charge is 0.271 e. The first-order chi connectivity index (χ1) is 12.9. The number of hydrogen-bond acceptors (Lipinski definition) is 4. The summed E-state index contributed by atoms with van der Waals surface area (Å²) < 4.78 is 13.6. The molecule has 3 rings (SSSR count). The van der Waals surface area contributed by atoms with Gasteiger partial charge in [0.2, 0.25) is 0 Å². The Morgan fingerprint density at radius 2 is 1.93 bits per heavy atom. The summed E-state index contributed by atoms with van der Waals surface area (Å²) in [5.74, 6) is -0.329. The molecule has 0 saturated heterocycles. The largest absolute Gasteiger partial charge is 0.346 e. The predicted octanol–water partition coefficient (Wildman–Crippen LogP) is 4.56. The molecule has 0 bridgehead atoms. The normalized spacial score (nSPS) is 10.5. The first-order valence-corrected chi connectivity index (χ1v) is 8.69. The minimum atomic E-state index is -0.429. The molecule has 2 aromatic carbocycles. The second-order valence-electron chi connectivity index (χ2n) is 6.12. The quantitative estimate of drug-likeness (QED) is 0.676. The third-order valence-corrected chi connectivity index (χ3v) is 4.26. The van der Waals surface area contributed by atoms with Crippen molar-refractivity contribution in [1.82, 2.24) is 15.3 Å². The van der Waals surface area contributed by atoms with E-state index in [2.05, 4.69) is 20.6 Å². The van der Waals surface area contributed by atoms with E-state index in [1.807, 2.05) is 26.0 Å². The van der Waals surface area contributed by atoms with Crippen LogP contribution in [0.15, 0.2) is 48.8 Å². The number of benzene rings is 2. The first kappa shape index (κ1) is 18.8. The van der Waals surface area contributed by atoms with Gasteiger partial charge >= 0.3 is 0 Å². The van der Waals surface area contributed by atoms with Crippen molar-refractivity contribution >= 4 is 29.0 Å². The van der Waals surface area contributed by atoms with Crippen LogP contribution in [0.3, 0.4) is 0 Å². The predicted molar refractivity (Wildman–Crippen MR) is 104 cm³/mol. The molecule has 0 saturated carbocycles. The summed E-state index contributed by atoms with van der Waals surface area (Å²) in [5, 5.41) is 6.32. The summed E-state index contributed by atoms with van der Waals surface area (Å²) >= 11 is 6.27. The van der Waals surface area contributed by atoms with Crippen LogP contribution in [-0.2, 0) is 6.54 Å². The molecule has 0 fully saturated rings. The van der Waals surface area contributed by atoms with E-state index in [0.717, 1.165) is 16.8 Å². The number of aromatic nitrogens is 2. The number of hydrogen-bond donors (Lipinski definition) is 2. The van der Waals surface area contributed by atoms with Crippen molar-refractivity contribution in [1.29, 1.82) is 0 Å². The van der Waals surface area contributed by atoms with E-state index >= 15 is 0 Å². The number of rotatable bonds is 5. The van der Waals surface area contributed by atoms with Gasteiger partial charge in [0.1, 0.15) is 17.3 Å². The lowest BCUT2D eigenvalue weighted by Gasteiger charge is -2.12. The van der Waals surface area contributed by atoms with Gasteiger partial charge in [-0.05, 0) is 37.1 Å². The van der Waals surface area contributed by atoms with Crippen molar-refractivity contribution in [2.75, 3.05) is 5.32 Å². The summed E-state index contributed by atoms with van der Waals surface area (Å²) in [7, 11) is 0. The van der Waals surface area contributed by atoms with Crippen LogP contribution in [0.4, 0.5) is 15.9 Å². The number of halogens is 2. The summed E-state index contributed by atoms with van der Waals surface area (Å²) in [6, 6.07) is 10.1. The van der Waals surface area contributed by atoms with Gasteiger partial charge in [-0.15, -0.1) is 0 Å². The molecule has 0 unspecified atom stereocenters. The fraction of sp³-hybridized carbons (Fsp3) is 0.150. The Hall–Kier alpha value is -2.99. The molecule has 2 N–H and O–H groups in total. The van der Waals surface area contributed by atoms with Crippen molar-refractivity contribution in [3.05, 3.63) is 82.0 Å². The van der Waals surface area contributed by atoms with Gasteiger partial charge in [-0.25, -0.2) is 14.4 Å². The van der Waals surface area contributed by atoms with Crippen molar-refractivity contribution in [3.8, 4) is 0 Å². The standard InChI is InChI=1S/C20H18ClFN4O/c1-12-7-13(2)19(15(21)8-12)26-18-11-23-17(10-24-18)20(27)25-9-14-5-3-4-6-16(14)22/h3-8,10-11H,9H2,1-2H3,(H,24,26)(H,25,27). The van der Waals surface area contributed by atoms with E-state index < -0.39 is 5.91 Å². The molecule has 0 atom stereocenters. The van der Waals surface area contributed by atoms with E-state index in [4.69, 9.17) is 11.6 Å². The molecule has 0 aliphatic heterocycles. The van der Waals surface area contributed by atoms with E-state index in [0.29, 0.717) is 16.4 Å². The van der Waals surface area contributed by atoms with Crippen molar-refractivity contribution in [2.24, 2.45) is 0 Å². The van der Waals surface area contributed by atoms with Gasteiger partial charge in [0.05, 0.1) is 23.1 Å². The third-order valence-electron chi connectivity index (χ3n) is 3.97. The monoisotopic (exact) mass is 384 g/mol. The molecule has 3 aromatic rings. The fourth-order valence-electron chi connectivity index (χ4n) is 2.62. The highest BCUT2D eigenvalue weighted by molar-refractivity contribution is 6.33. The molecule has 1 heterocycles. The number of nitrogens with zero attached hydrogens (tertiary/aromatic N) is 2. The number of aryl methyl sites for hydroxylation is 2. The van der Waals surface area contributed by atoms with Gasteiger partial charge in [-0.3, -0.25) is 4.79 Å². The van der Waals surface area contributed by atoms with Gasteiger partial charge < -0.3 is 10.6 Å². The topological polar surface area (TPSA) is 66.9 Å². The van der Waals surface area contributed by atoms with Crippen molar-refractivity contribution in [2.45, 2.75) is 20.4 Å². The Labute approximate surface area is 161 Å². The maximum absolute atomic E-state index is 13.6. The third kappa shape index (κ3) is 4.60. The maximum atomic E-state index is 13.6. The highest BCUT2D eigenvalue weighted by Gasteiger charge is 2.11. The van der Waals surface area contributed by atoms with E-state index in [9.17, 15) is 9.18 Å². The van der Waals surface area contributed by atoms with E-state index in [1.165, 1.54) is 18.5 Å². The highest BCUT2D eigenvalue weighted by Crippen LogP contribution is 2.29. The lowest BCUT2D eigenvalue weighted by molar-refractivity contribution is 0.0945. The van der Waals surface area contributed by atoms with Crippen LogP contribution in [0.25, 0.3) is 0 Å². The Bertz CT molecular complexity index is 953. The summed E-state index contributed by atoms with van der Waals surface area (Å²) in [6.07, 6.45) is 2.81. The van der Waals surface area contributed by atoms with Gasteiger partial charge in [0.25, 0.3) is 5.91 Å². The van der Waals surface area contributed by atoms with E-state index in [1.54, 1.807) is 18.2 Å². The summed E-state index contributed by atoms with van der Waals surface area (Å²) in [4.78, 5) is 20.5. The van der Waals surface area contributed by atoms with Crippen LogP contribution in [-0.4, -0.2) is 15.9 Å². The maximum Gasteiger partial charge on any atom is 0.271 e. The summed E-state index contributed by atoms with van der Waals surface area (Å²) in [5.41, 5.74) is 3.34. The lowest BCUT2D eigenvalue weighted by atomic mass is 10.1. The zero-order chi connectivity index (χ0) is 19.4. The summed E-state index contributed by atoms with van der Waals surface area (Å²) in [6.45, 7) is 3.99. The number of carbonyl (C=O) groups is 1. The second-order valence-corrected chi connectivity index (χ2v) is 6.53. The number of anilines is 2. The van der Waals surface area contributed by atoms with Crippen LogP contribution in [0, 0.1) is 19.7 Å². The molecule has 7 heteroatoms. The van der Waals surface area contributed by atoms with Gasteiger partial charge in [0, 0.05) is 12.1 Å². The van der Waals surface area contributed by atoms with Gasteiger partial charge in [-0.2, -0.15) is 0 Å². The SMILES string of the molecule is Cc1cc(C)c(Nc2cnc(C(=O)NCc3ccccc3F)cn2)c(Cl)c1. The molecule has 27 heavy (non-hydrogen) atoms. The average Bonchev–Trinajstić information content (AvgIpc) is 2.64.